The Hall–Kier alpha value is -3.90. The molecule has 0 unspecified atom stereocenters. The van der Waals surface area contributed by atoms with Crippen LogP contribution >= 0.6 is 23.4 Å². The zero-order valence-electron chi connectivity index (χ0n) is 18.1. The van der Waals surface area contributed by atoms with Crippen molar-refractivity contribution in [1.82, 2.24) is 4.90 Å². The molecule has 0 atom stereocenters. The lowest BCUT2D eigenvalue weighted by Gasteiger charge is -2.13. The number of hydrogen-bond acceptors (Lipinski definition) is 9. The number of carbonyl (C=O) groups excluding carboxylic acids is 4. The first-order chi connectivity index (χ1) is 16.6. The van der Waals surface area contributed by atoms with Crippen LogP contribution in [0.1, 0.15) is 29.3 Å². The van der Waals surface area contributed by atoms with Crippen LogP contribution in [0.25, 0.3) is 6.08 Å². The van der Waals surface area contributed by atoms with Gasteiger partial charge in [-0.3, -0.25) is 29.4 Å². The van der Waals surface area contributed by atoms with Crippen LogP contribution < -0.4 is 5.32 Å². The average Bonchev–Trinajstić information content (AvgIpc) is 3.06. The van der Waals surface area contributed by atoms with Crippen LogP contribution in [-0.2, 0) is 14.3 Å². The van der Waals surface area contributed by atoms with Gasteiger partial charge in [0.25, 0.3) is 11.1 Å². The number of phenolic OH excluding ortho intramolecular Hbond substituents is 1. The number of anilines is 1. The highest BCUT2D eigenvalue weighted by Gasteiger charge is 2.36. The summed E-state index contributed by atoms with van der Waals surface area (Å²) >= 11 is 6.60. The molecular formula is C22H18ClN3O8S. The van der Waals surface area contributed by atoms with E-state index in [4.69, 9.17) is 16.3 Å². The molecule has 1 aliphatic heterocycles. The van der Waals surface area contributed by atoms with E-state index in [0.717, 1.165) is 12.1 Å². The molecule has 13 heteroatoms. The molecule has 1 heterocycles. The summed E-state index contributed by atoms with van der Waals surface area (Å²) in [7, 11) is 0. The van der Waals surface area contributed by atoms with E-state index in [1.54, 1.807) is 0 Å². The van der Waals surface area contributed by atoms with Crippen molar-refractivity contribution in [3.63, 3.8) is 0 Å². The maximum absolute atomic E-state index is 12.7. The van der Waals surface area contributed by atoms with Gasteiger partial charge in [-0.1, -0.05) is 24.6 Å². The van der Waals surface area contributed by atoms with Gasteiger partial charge in [0.2, 0.25) is 5.91 Å². The van der Waals surface area contributed by atoms with Gasteiger partial charge in [0, 0.05) is 11.8 Å². The molecule has 1 aliphatic rings. The van der Waals surface area contributed by atoms with Crippen LogP contribution in [0, 0.1) is 10.1 Å². The maximum Gasteiger partial charge on any atom is 0.339 e. The summed E-state index contributed by atoms with van der Waals surface area (Å²) in [6, 6.07) is 7.66. The number of nitro benzene ring substituents is 1. The number of amides is 3. The van der Waals surface area contributed by atoms with E-state index >= 15 is 0 Å². The molecule has 2 aromatic rings. The summed E-state index contributed by atoms with van der Waals surface area (Å²) in [5.41, 5.74) is -0.0804. The summed E-state index contributed by atoms with van der Waals surface area (Å²) in [5.74, 6) is -2.66. The Kier molecular flexibility index (Phi) is 8.10. The molecule has 0 spiro atoms. The normalized spacial score (nSPS) is 14.3. The number of hydrogen-bond donors (Lipinski definition) is 2. The van der Waals surface area contributed by atoms with Crippen LogP contribution in [0.5, 0.6) is 5.75 Å². The first-order valence-corrected chi connectivity index (χ1v) is 11.3. The fourth-order valence-electron chi connectivity index (χ4n) is 2.94. The Morgan fingerprint density at radius 1 is 1.26 bits per heavy atom. The summed E-state index contributed by atoms with van der Waals surface area (Å²) in [6.45, 7) is 1.44. The minimum absolute atomic E-state index is 0.0461. The number of carbonyl (C=O) groups is 4. The van der Waals surface area contributed by atoms with Gasteiger partial charge >= 0.3 is 11.7 Å². The predicted molar refractivity (Wildman–Crippen MR) is 128 cm³/mol. The van der Waals surface area contributed by atoms with Crippen molar-refractivity contribution in [1.29, 1.82) is 0 Å². The minimum atomic E-state index is -0.783. The standard InChI is InChI=1S/C22H18ClN3O8S/c1-2-7-34-21(30)14-10-13(4-5-15(14)23)24-19(28)11-25-20(29)18(35-22(25)31)9-12-3-6-17(27)16(8-12)26(32)33/h3-6,8-10,27H,2,7,11H2,1H3,(H,24,28)/b18-9+. The first kappa shape index (κ1) is 25.7. The third kappa shape index (κ3) is 6.16. The third-order valence-corrected chi connectivity index (χ3v) is 5.81. The van der Waals surface area contributed by atoms with Crippen LogP contribution in [0.3, 0.4) is 0 Å². The SMILES string of the molecule is CCCOC(=O)c1cc(NC(=O)CN2C(=O)S/C(=C/c3ccc(O)c([N+](=O)[O-])c3)C2=O)ccc1Cl. The van der Waals surface area contributed by atoms with E-state index in [-0.39, 0.29) is 33.3 Å². The van der Waals surface area contributed by atoms with E-state index in [1.165, 1.54) is 30.3 Å². The van der Waals surface area contributed by atoms with E-state index in [1.807, 2.05) is 6.92 Å². The highest BCUT2D eigenvalue weighted by Crippen LogP contribution is 2.34. The Bertz CT molecular complexity index is 1260. The lowest BCUT2D eigenvalue weighted by atomic mass is 10.1. The Labute approximate surface area is 207 Å². The molecule has 0 radical (unpaired) electrons. The number of phenols is 1. The van der Waals surface area contributed by atoms with Crippen molar-refractivity contribution in [2.45, 2.75) is 13.3 Å². The molecule has 1 fully saturated rings. The van der Waals surface area contributed by atoms with Crippen molar-refractivity contribution < 1.29 is 33.9 Å². The maximum atomic E-state index is 12.7. The van der Waals surface area contributed by atoms with Gasteiger partial charge in [0.15, 0.2) is 5.75 Å². The van der Waals surface area contributed by atoms with Crippen LogP contribution in [0.4, 0.5) is 16.2 Å². The zero-order chi connectivity index (χ0) is 25.7. The highest BCUT2D eigenvalue weighted by molar-refractivity contribution is 8.18. The van der Waals surface area contributed by atoms with E-state index in [0.29, 0.717) is 23.1 Å². The molecule has 11 nitrogen and oxygen atoms in total. The largest absolute Gasteiger partial charge is 0.502 e. The lowest BCUT2D eigenvalue weighted by molar-refractivity contribution is -0.385. The summed E-state index contributed by atoms with van der Waals surface area (Å²) in [6.07, 6.45) is 1.87. The molecule has 3 amide bonds. The number of nitrogens with zero attached hydrogens (tertiary/aromatic N) is 2. The van der Waals surface area contributed by atoms with Gasteiger partial charge < -0.3 is 15.2 Å². The van der Waals surface area contributed by atoms with Crippen molar-refractivity contribution in [3.05, 3.63) is 67.6 Å². The van der Waals surface area contributed by atoms with Gasteiger partial charge in [-0.25, -0.2) is 4.79 Å². The minimum Gasteiger partial charge on any atom is -0.502 e. The predicted octanol–water partition coefficient (Wildman–Crippen LogP) is 4.20. The number of rotatable bonds is 8. The number of nitro groups is 1. The van der Waals surface area contributed by atoms with Crippen LogP contribution in [0.2, 0.25) is 5.02 Å². The van der Waals surface area contributed by atoms with E-state index in [9.17, 15) is 34.4 Å². The first-order valence-electron chi connectivity index (χ1n) is 10.1. The number of imide groups is 1. The third-order valence-electron chi connectivity index (χ3n) is 4.58. The van der Waals surface area contributed by atoms with Crippen molar-refractivity contribution >= 4 is 63.8 Å². The molecule has 1 saturated heterocycles. The zero-order valence-corrected chi connectivity index (χ0v) is 19.7. The summed E-state index contributed by atoms with van der Waals surface area (Å²) < 4.78 is 5.05. The number of esters is 1. The Morgan fingerprint density at radius 2 is 2.00 bits per heavy atom. The molecule has 0 aliphatic carbocycles. The van der Waals surface area contributed by atoms with E-state index < -0.39 is 45.9 Å². The van der Waals surface area contributed by atoms with Gasteiger partial charge in [-0.2, -0.15) is 0 Å². The second-order valence-corrected chi connectivity index (χ2v) is 8.55. The van der Waals surface area contributed by atoms with Gasteiger partial charge in [0.05, 0.1) is 27.0 Å². The smallest absolute Gasteiger partial charge is 0.339 e. The molecule has 3 rings (SSSR count). The molecule has 2 N–H and O–H groups in total. The fourth-order valence-corrected chi connectivity index (χ4v) is 3.97. The van der Waals surface area contributed by atoms with Crippen molar-refractivity contribution in [2.75, 3.05) is 18.5 Å². The fraction of sp³-hybridized carbons (Fsp3) is 0.182. The number of nitrogens with one attached hydrogen (secondary N) is 1. The molecule has 0 bridgehead atoms. The van der Waals surface area contributed by atoms with Crippen molar-refractivity contribution in [3.8, 4) is 5.75 Å². The van der Waals surface area contributed by atoms with Crippen LogP contribution in [-0.4, -0.2) is 51.1 Å². The second-order valence-electron chi connectivity index (χ2n) is 7.15. The Morgan fingerprint density at radius 3 is 2.69 bits per heavy atom. The number of benzene rings is 2. The van der Waals surface area contributed by atoms with E-state index in [2.05, 4.69) is 5.32 Å². The van der Waals surface area contributed by atoms with Gasteiger partial charge in [-0.15, -0.1) is 0 Å². The average molecular weight is 520 g/mol. The number of ether oxygens (including phenoxy) is 1. The highest BCUT2D eigenvalue weighted by atomic mass is 35.5. The molecule has 2 aromatic carbocycles. The number of halogens is 1. The molecule has 182 valence electrons. The van der Waals surface area contributed by atoms with Gasteiger partial charge in [0.1, 0.15) is 6.54 Å². The van der Waals surface area contributed by atoms with Gasteiger partial charge in [-0.05, 0) is 54.1 Å². The number of aromatic hydroxyl groups is 1. The summed E-state index contributed by atoms with van der Waals surface area (Å²) in [5, 5.41) is 22.5. The molecular weight excluding hydrogens is 502 g/mol. The number of thioether (sulfide) groups is 1. The topological polar surface area (TPSA) is 156 Å². The second kappa shape index (κ2) is 11.0. The monoisotopic (exact) mass is 519 g/mol. The van der Waals surface area contributed by atoms with Crippen LogP contribution in [0.15, 0.2) is 41.3 Å². The Balaban J connectivity index is 1.71. The molecule has 35 heavy (non-hydrogen) atoms. The summed E-state index contributed by atoms with van der Waals surface area (Å²) in [4.78, 5) is 60.4. The molecule has 0 saturated carbocycles. The van der Waals surface area contributed by atoms with Crippen molar-refractivity contribution in [2.24, 2.45) is 0 Å². The molecule has 0 aromatic heterocycles. The lowest BCUT2D eigenvalue weighted by Crippen LogP contribution is -2.36. The quantitative estimate of drug-likeness (QED) is 0.226.